The number of ether oxygens (including phenoxy) is 2. The molecule has 0 saturated heterocycles. The zero-order chi connectivity index (χ0) is 53.7. The second kappa shape index (κ2) is 21.5. The molecule has 0 heterocycles. The molecule has 0 aliphatic carbocycles. The van der Waals surface area contributed by atoms with Gasteiger partial charge in [-0.15, -0.1) is 23.5 Å². The molecule has 0 aliphatic heterocycles. The Bertz CT molecular complexity index is 1860. The van der Waals surface area contributed by atoms with Crippen LogP contribution in [0.2, 0.25) is 0 Å². The van der Waals surface area contributed by atoms with Gasteiger partial charge in [0.15, 0.2) is 0 Å². The molecular formula is C37H30F26O4S2. The number of halogens is 26. The second-order valence-electron chi connectivity index (χ2n) is 14.3. The Morgan fingerprint density at radius 1 is 0.348 bits per heavy atom. The third-order valence-corrected chi connectivity index (χ3v) is 11.3. The van der Waals surface area contributed by atoms with Crippen LogP contribution in [-0.4, -0.2) is 108 Å². The van der Waals surface area contributed by atoms with Gasteiger partial charge in [0.05, 0.1) is 24.3 Å². The van der Waals surface area contributed by atoms with Crippen LogP contribution in [0.5, 0.6) is 0 Å². The van der Waals surface area contributed by atoms with Crippen molar-refractivity contribution in [3.8, 4) is 0 Å². The lowest BCUT2D eigenvalue weighted by Crippen LogP contribution is -2.70. The van der Waals surface area contributed by atoms with Crippen molar-refractivity contribution in [1.29, 1.82) is 0 Å². The monoisotopic (exact) mass is 1100 g/mol. The van der Waals surface area contributed by atoms with Crippen LogP contribution in [0, 0.1) is 0 Å². The molecule has 32 heteroatoms. The standard InChI is InChI=1S/C37H30F26O4S2/c38-26(39,28(42,43)30(46,47)32(50,51)34(54,55)36(58,59)60)14-18-68-22-10-6-20(7-11-22)24(64)66-16-4-2-1-3-5-17-67-25(65)21-8-12-23(13-9-21)69-19-15-27(40,41)29(44,45)31(48,49)33(52,53)35(56,57)37(61,62)63/h6-13H,1-5,14-19H2. The average molecular weight is 1100 g/mol. The van der Waals surface area contributed by atoms with E-state index in [2.05, 4.69) is 0 Å². The fraction of sp³-hybridized carbons (Fsp3) is 0.622. The fourth-order valence-corrected chi connectivity index (χ4v) is 6.96. The Balaban J connectivity index is 1.74. The smallest absolute Gasteiger partial charge is 0.460 e. The van der Waals surface area contributed by atoms with Crippen LogP contribution in [0.3, 0.4) is 0 Å². The van der Waals surface area contributed by atoms with Gasteiger partial charge in [0.2, 0.25) is 0 Å². The van der Waals surface area contributed by atoms with E-state index < -0.39 is 108 Å². The van der Waals surface area contributed by atoms with E-state index in [1.807, 2.05) is 0 Å². The highest BCUT2D eigenvalue weighted by molar-refractivity contribution is 7.99. The molecule has 0 spiro atoms. The minimum Gasteiger partial charge on any atom is -0.462 e. The molecule has 2 rings (SSSR count). The molecule has 0 radical (unpaired) electrons. The van der Waals surface area contributed by atoms with Crippen molar-refractivity contribution in [2.24, 2.45) is 0 Å². The van der Waals surface area contributed by atoms with Crippen LogP contribution in [0.25, 0.3) is 0 Å². The number of benzene rings is 2. The third kappa shape index (κ3) is 12.7. The second-order valence-corrected chi connectivity index (χ2v) is 16.6. The molecule has 0 unspecified atom stereocenters. The van der Waals surface area contributed by atoms with E-state index in [1.165, 1.54) is 0 Å². The summed E-state index contributed by atoms with van der Waals surface area (Å²) in [5.41, 5.74) is -0.315. The number of carbonyl (C=O) groups excluding carboxylic acids is 2. The lowest BCUT2D eigenvalue weighted by atomic mass is 9.93. The van der Waals surface area contributed by atoms with E-state index in [9.17, 15) is 124 Å². The fourth-order valence-electron chi connectivity index (χ4n) is 5.12. The van der Waals surface area contributed by atoms with Crippen molar-refractivity contribution in [2.45, 2.75) is 126 Å². The normalized spacial score (nSPS) is 14.5. The summed E-state index contributed by atoms with van der Waals surface area (Å²) < 4.78 is 355. The van der Waals surface area contributed by atoms with E-state index in [0.29, 0.717) is 19.3 Å². The first-order chi connectivity index (χ1) is 30.9. The molecule has 4 nitrogen and oxygen atoms in total. The largest absolute Gasteiger partial charge is 0.462 e. The summed E-state index contributed by atoms with van der Waals surface area (Å²) in [7, 11) is 0. The molecule has 0 saturated carbocycles. The molecule has 0 N–H and O–H groups in total. The Hall–Kier alpha value is -3.74. The van der Waals surface area contributed by atoms with Crippen molar-refractivity contribution in [1.82, 2.24) is 0 Å². The van der Waals surface area contributed by atoms with Crippen molar-refractivity contribution in [2.75, 3.05) is 24.7 Å². The number of esters is 2. The van der Waals surface area contributed by atoms with Crippen LogP contribution < -0.4 is 0 Å². The van der Waals surface area contributed by atoms with Gasteiger partial charge in [-0.2, -0.15) is 114 Å². The first-order valence-corrected chi connectivity index (χ1v) is 20.6. The van der Waals surface area contributed by atoms with Gasteiger partial charge in [-0.25, -0.2) is 9.59 Å². The van der Waals surface area contributed by atoms with E-state index >= 15 is 0 Å². The molecule has 69 heavy (non-hydrogen) atoms. The van der Waals surface area contributed by atoms with Gasteiger partial charge < -0.3 is 9.47 Å². The molecule has 2 aromatic rings. The number of alkyl halides is 26. The predicted molar refractivity (Wildman–Crippen MR) is 189 cm³/mol. The highest BCUT2D eigenvalue weighted by Gasteiger charge is 2.92. The van der Waals surface area contributed by atoms with Crippen molar-refractivity contribution in [3.63, 3.8) is 0 Å². The maximum absolute atomic E-state index is 14.0. The number of hydrogen-bond donors (Lipinski definition) is 0. The first-order valence-electron chi connectivity index (χ1n) is 18.6. The Morgan fingerprint density at radius 3 is 0.855 bits per heavy atom. The molecule has 0 aromatic heterocycles. The number of carbonyl (C=O) groups is 2. The summed E-state index contributed by atoms with van der Waals surface area (Å²) in [6.07, 6.45) is -17.9. The topological polar surface area (TPSA) is 52.6 Å². The van der Waals surface area contributed by atoms with Crippen molar-refractivity contribution in [3.05, 3.63) is 59.7 Å². The summed E-state index contributed by atoms with van der Waals surface area (Å²) in [4.78, 5) is 24.3. The summed E-state index contributed by atoms with van der Waals surface area (Å²) >= 11 is 0.385. The van der Waals surface area contributed by atoms with Gasteiger partial charge in [0.25, 0.3) is 0 Å². The van der Waals surface area contributed by atoms with E-state index in [0.717, 1.165) is 48.5 Å². The lowest BCUT2D eigenvalue weighted by molar-refractivity contribution is -0.439. The van der Waals surface area contributed by atoms with Gasteiger partial charge in [-0.05, 0) is 61.4 Å². The van der Waals surface area contributed by atoms with E-state index in [1.54, 1.807) is 0 Å². The maximum Gasteiger partial charge on any atom is 0.460 e. The van der Waals surface area contributed by atoms with Gasteiger partial charge in [-0.3, -0.25) is 0 Å². The molecular weight excluding hydrogens is 1070 g/mol. The molecule has 0 aliphatic rings. The van der Waals surface area contributed by atoms with Gasteiger partial charge in [0, 0.05) is 34.1 Å². The first kappa shape index (κ1) is 61.4. The summed E-state index contributed by atoms with van der Waals surface area (Å²) in [5, 5.41) is 0. The van der Waals surface area contributed by atoms with Crippen LogP contribution in [0.4, 0.5) is 114 Å². The molecule has 2 aromatic carbocycles. The summed E-state index contributed by atoms with van der Waals surface area (Å²) in [6, 6.07) is 8.14. The summed E-state index contributed by atoms with van der Waals surface area (Å²) in [5.74, 6) is -79.2. The van der Waals surface area contributed by atoms with Crippen molar-refractivity contribution >= 4 is 35.5 Å². The number of hydrogen-bond acceptors (Lipinski definition) is 6. The van der Waals surface area contributed by atoms with Crippen LogP contribution >= 0.6 is 23.5 Å². The molecule has 0 bridgehead atoms. The van der Waals surface area contributed by atoms with Crippen LogP contribution in [-0.2, 0) is 9.47 Å². The van der Waals surface area contributed by atoms with Gasteiger partial charge in [0.1, 0.15) is 0 Å². The molecule has 396 valence electrons. The molecule has 0 amide bonds. The van der Waals surface area contributed by atoms with Crippen LogP contribution in [0.15, 0.2) is 58.3 Å². The SMILES string of the molecule is O=C(OCCCCCCCOC(=O)c1ccc(SCCC(F)(F)C(F)(F)C(F)(F)C(F)(F)C(F)(F)C(F)(F)F)cc1)c1ccc(SCCC(F)(F)C(F)(F)C(F)(F)C(F)(F)C(F)(F)C(F)(F)F)cc1. The number of thioether (sulfide) groups is 2. The predicted octanol–water partition coefficient (Wildman–Crippen LogP) is 15.1. The van der Waals surface area contributed by atoms with E-state index in [-0.39, 0.29) is 70.5 Å². The quantitative estimate of drug-likeness (QED) is 0.0405. The maximum atomic E-state index is 14.0. The zero-order valence-electron chi connectivity index (χ0n) is 33.7. The van der Waals surface area contributed by atoms with Crippen LogP contribution in [0.1, 0.15) is 65.7 Å². The highest BCUT2D eigenvalue weighted by atomic mass is 32.2. The Labute approximate surface area is 379 Å². The average Bonchev–Trinajstić information content (AvgIpc) is 3.21. The van der Waals surface area contributed by atoms with E-state index in [4.69, 9.17) is 9.47 Å². The number of rotatable bonds is 26. The number of unbranched alkanes of at least 4 members (excludes halogenated alkanes) is 4. The minimum atomic E-state index is -8.01. The third-order valence-electron chi connectivity index (χ3n) is 9.30. The minimum absolute atomic E-state index is 0.116. The Kier molecular flexibility index (Phi) is 19.2. The molecule has 0 atom stereocenters. The van der Waals surface area contributed by atoms with Gasteiger partial charge >= 0.3 is 83.5 Å². The molecule has 0 fully saturated rings. The highest BCUT2D eigenvalue weighted by Crippen LogP contribution is 2.62. The summed E-state index contributed by atoms with van der Waals surface area (Å²) in [6.45, 7) is -0.311. The zero-order valence-corrected chi connectivity index (χ0v) is 35.3. The van der Waals surface area contributed by atoms with Gasteiger partial charge in [-0.1, -0.05) is 19.3 Å². The Morgan fingerprint density at radius 2 is 0.594 bits per heavy atom. The lowest BCUT2D eigenvalue weighted by Gasteiger charge is -2.39. The van der Waals surface area contributed by atoms with Crippen molar-refractivity contribution < 1.29 is 133 Å².